The standard InChI is InChI=1S/C22H27N5O/c1-4-27-19-11-6-5-8-15(19)13-20(27)18-14-21(25-24-18)23-22(28)16-9-7-10-17(12-16)26(2)3/h5-13,18,21,24-25H,4,14H2,1-3H3,(H,23,28). The lowest BCUT2D eigenvalue weighted by Gasteiger charge is -2.16. The van der Waals surface area contributed by atoms with Crippen molar-refractivity contribution in [1.82, 2.24) is 20.7 Å². The van der Waals surface area contributed by atoms with Gasteiger partial charge in [0.25, 0.3) is 5.91 Å². The molecule has 1 fully saturated rings. The van der Waals surface area contributed by atoms with Gasteiger partial charge in [-0.1, -0.05) is 24.3 Å². The number of hydrazine groups is 1. The van der Waals surface area contributed by atoms with E-state index in [0.29, 0.717) is 5.56 Å². The number of carbonyl (C=O) groups excluding carboxylic acids is 1. The first kappa shape index (κ1) is 18.5. The second-order valence-corrected chi connectivity index (χ2v) is 7.42. The second-order valence-electron chi connectivity index (χ2n) is 7.42. The van der Waals surface area contributed by atoms with Crippen LogP contribution in [0.4, 0.5) is 5.69 Å². The molecule has 2 unspecified atom stereocenters. The number of aromatic nitrogens is 1. The van der Waals surface area contributed by atoms with E-state index >= 15 is 0 Å². The zero-order chi connectivity index (χ0) is 19.7. The van der Waals surface area contributed by atoms with Crippen molar-refractivity contribution in [3.05, 3.63) is 65.9 Å². The molecule has 0 saturated carbocycles. The molecule has 1 saturated heterocycles. The van der Waals surface area contributed by atoms with Crippen LogP contribution < -0.4 is 21.1 Å². The van der Waals surface area contributed by atoms with E-state index in [1.54, 1.807) is 0 Å². The Morgan fingerprint density at radius 2 is 1.96 bits per heavy atom. The van der Waals surface area contributed by atoms with Crippen molar-refractivity contribution < 1.29 is 4.79 Å². The topological polar surface area (TPSA) is 61.3 Å². The number of amides is 1. The minimum atomic E-state index is -0.121. The van der Waals surface area contributed by atoms with Crippen molar-refractivity contribution in [3.63, 3.8) is 0 Å². The summed E-state index contributed by atoms with van der Waals surface area (Å²) in [5, 5.41) is 4.34. The van der Waals surface area contributed by atoms with Crippen molar-refractivity contribution in [2.24, 2.45) is 0 Å². The first-order chi connectivity index (χ1) is 13.6. The number of benzene rings is 2. The lowest BCUT2D eigenvalue weighted by molar-refractivity contribution is 0.0932. The normalized spacial score (nSPS) is 19.1. The summed E-state index contributed by atoms with van der Waals surface area (Å²) in [6, 6.07) is 18.5. The Hall–Kier alpha value is -2.83. The molecule has 3 N–H and O–H groups in total. The molecule has 6 nitrogen and oxygen atoms in total. The Morgan fingerprint density at radius 3 is 2.75 bits per heavy atom. The monoisotopic (exact) mass is 377 g/mol. The molecule has 1 amide bonds. The summed E-state index contributed by atoms with van der Waals surface area (Å²) in [7, 11) is 3.94. The van der Waals surface area contributed by atoms with Crippen molar-refractivity contribution in [3.8, 4) is 0 Å². The molecular formula is C22H27N5O. The third-order valence-corrected chi connectivity index (χ3v) is 5.35. The number of nitrogens with zero attached hydrogens (tertiary/aromatic N) is 2. The van der Waals surface area contributed by atoms with Crippen LogP contribution in [-0.2, 0) is 6.54 Å². The molecule has 28 heavy (non-hydrogen) atoms. The van der Waals surface area contributed by atoms with E-state index in [-0.39, 0.29) is 18.1 Å². The first-order valence-corrected chi connectivity index (χ1v) is 9.74. The molecule has 4 rings (SSSR count). The van der Waals surface area contributed by atoms with Gasteiger partial charge in [-0.2, -0.15) is 0 Å². The summed E-state index contributed by atoms with van der Waals surface area (Å²) in [4.78, 5) is 14.7. The summed E-state index contributed by atoms with van der Waals surface area (Å²) in [6.45, 7) is 3.07. The second kappa shape index (κ2) is 7.66. The maximum absolute atomic E-state index is 12.7. The molecule has 3 aromatic rings. The number of hydrogen-bond acceptors (Lipinski definition) is 4. The van der Waals surface area contributed by atoms with Gasteiger partial charge >= 0.3 is 0 Å². The molecule has 0 aliphatic carbocycles. The van der Waals surface area contributed by atoms with E-state index < -0.39 is 0 Å². The van der Waals surface area contributed by atoms with Crippen molar-refractivity contribution in [1.29, 1.82) is 0 Å². The molecule has 2 heterocycles. The van der Waals surface area contributed by atoms with Crippen LogP contribution in [0.5, 0.6) is 0 Å². The largest absolute Gasteiger partial charge is 0.378 e. The zero-order valence-corrected chi connectivity index (χ0v) is 16.6. The lowest BCUT2D eigenvalue weighted by Crippen LogP contribution is -2.44. The fourth-order valence-electron chi connectivity index (χ4n) is 3.88. The van der Waals surface area contributed by atoms with E-state index in [1.807, 2.05) is 43.3 Å². The minimum absolute atomic E-state index is 0.0697. The van der Waals surface area contributed by atoms with Gasteiger partial charge in [0, 0.05) is 49.5 Å². The predicted octanol–water partition coefficient (Wildman–Crippen LogP) is 3.02. The van der Waals surface area contributed by atoms with Crippen molar-refractivity contribution >= 4 is 22.5 Å². The van der Waals surface area contributed by atoms with E-state index in [4.69, 9.17) is 0 Å². The third kappa shape index (κ3) is 3.48. The minimum Gasteiger partial charge on any atom is -0.378 e. The van der Waals surface area contributed by atoms with Crippen LogP contribution in [0.3, 0.4) is 0 Å². The van der Waals surface area contributed by atoms with Crippen LogP contribution in [0.25, 0.3) is 10.9 Å². The number of hydrogen-bond donors (Lipinski definition) is 3. The number of para-hydroxylation sites is 1. The Balaban J connectivity index is 1.48. The molecule has 2 atom stereocenters. The van der Waals surface area contributed by atoms with Gasteiger partial charge in [-0.3, -0.25) is 4.79 Å². The molecule has 2 aromatic carbocycles. The van der Waals surface area contributed by atoms with Crippen LogP contribution >= 0.6 is 0 Å². The van der Waals surface area contributed by atoms with Crippen LogP contribution in [-0.4, -0.2) is 30.7 Å². The van der Waals surface area contributed by atoms with Crippen molar-refractivity contribution in [2.45, 2.75) is 32.1 Å². The Kier molecular flexibility index (Phi) is 5.07. The van der Waals surface area contributed by atoms with E-state index in [0.717, 1.165) is 18.7 Å². The maximum Gasteiger partial charge on any atom is 0.252 e. The van der Waals surface area contributed by atoms with Gasteiger partial charge in [-0.05, 0) is 42.6 Å². The van der Waals surface area contributed by atoms with Gasteiger partial charge in [-0.15, -0.1) is 0 Å². The highest BCUT2D eigenvalue weighted by atomic mass is 16.1. The summed E-state index contributed by atoms with van der Waals surface area (Å²) in [6.07, 6.45) is 0.666. The number of carbonyl (C=O) groups is 1. The fraction of sp³-hybridized carbons (Fsp3) is 0.318. The Morgan fingerprint density at radius 1 is 1.14 bits per heavy atom. The van der Waals surface area contributed by atoms with Crippen LogP contribution in [0.15, 0.2) is 54.6 Å². The molecule has 0 bridgehead atoms. The first-order valence-electron chi connectivity index (χ1n) is 9.74. The van der Waals surface area contributed by atoms with E-state index in [9.17, 15) is 4.79 Å². The number of anilines is 1. The highest BCUT2D eigenvalue weighted by Gasteiger charge is 2.29. The summed E-state index contributed by atoms with van der Waals surface area (Å²) in [5.41, 5.74) is 10.7. The Labute approximate surface area is 165 Å². The lowest BCUT2D eigenvalue weighted by atomic mass is 10.1. The van der Waals surface area contributed by atoms with Gasteiger partial charge in [0.1, 0.15) is 0 Å². The molecule has 0 spiro atoms. The van der Waals surface area contributed by atoms with E-state index in [2.05, 4.69) is 58.0 Å². The zero-order valence-electron chi connectivity index (χ0n) is 16.6. The molecule has 1 aromatic heterocycles. The number of nitrogens with one attached hydrogen (secondary N) is 3. The number of aryl methyl sites for hydroxylation is 1. The number of fused-ring (bicyclic) bond motifs is 1. The molecule has 1 aliphatic rings. The van der Waals surface area contributed by atoms with Crippen molar-refractivity contribution in [2.75, 3.05) is 19.0 Å². The molecular weight excluding hydrogens is 350 g/mol. The number of rotatable bonds is 5. The quantitative estimate of drug-likeness (QED) is 0.640. The average Bonchev–Trinajstić information content (AvgIpc) is 3.31. The predicted molar refractivity (Wildman–Crippen MR) is 113 cm³/mol. The maximum atomic E-state index is 12.7. The summed E-state index contributed by atoms with van der Waals surface area (Å²) < 4.78 is 2.33. The molecule has 6 heteroatoms. The third-order valence-electron chi connectivity index (χ3n) is 5.35. The van der Waals surface area contributed by atoms with Gasteiger partial charge in [0.15, 0.2) is 0 Å². The summed E-state index contributed by atoms with van der Waals surface area (Å²) >= 11 is 0. The van der Waals surface area contributed by atoms with Gasteiger partial charge in [0.05, 0.1) is 12.2 Å². The highest BCUT2D eigenvalue weighted by Crippen LogP contribution is 2.28. The van der Waals surface area contributed by atoms with Gasteiger partial charge < -0.3 is 14.8 Å². The SMILES string of the molecule is CCn1c(C2CC(NC(=O)c3cccc(N(C)C)c3)NN2)cc2ccccc21. The molecule has 0 radical (unpaired) electrons. The molecule has 146 valence electrons. The van der Waals surface area contributed by atoms with Gasteiger partial charge in [0.2, 0.25) is 0 Å². The van der Waals surface area contributed by atoms with Gasteiger partial charge in [-0.25, -0.2) is 10.9 Å². The smallest absolute Gasteiger partial charge is 0.252 e. The highest BCUT2D eigenvalue weighted by molar-refractivity contribution is 5.95. The van der Waals surface area contributed by atoms with Crippen LogP contribution in [0, 0.1) is 0 Å². The van der Waals surface area contributed by atoms with E-state index in [1.165, 1.54) is 16.6 Å². The summed E-state index contributed by atoms with van der Waals surface area (Å²) in [5.74, 6) is -0.0697. The van der Waals surface area contributed by atoms with Crippen LogP contribution in [0.2, 0.25) is 0 Å². The fourth-order valence-corrected chi connectivity index (χ4v) is 3.88. The van der Waals surface area contributed by atoms with Crippen LogP contribution in [0.1, 0.15) is 35.4 Å². The molecule has 1 aliphatic heterocycles. The Bertz CT molecular complexity index is 994. The average molecular weight is 377 g/mol.